The van der Waals surface area contributed by atoms with Gasteiger partial charge in [-0.1, -0.05) is 0 Å². The van der Waals surface area contributed by atoms with Crippen LogP contribution in [-0.2, 0) is 14.3 Å². The third kappa shape index (κ3) is 4.41. The number of carbonyl (C=O) groups is 3. The lowest BCUT2D eigenvalue weighted by atomic mass is 10.3. The highest BCUT2D eigenvalue weighted by molar-refractivity contribution is 14.1. The van der Waals surface area contributed by atoms with E-state index in [0.717, 1.165) is 31.6 Å². The second-order valence-corrected chi connectivity index (χ2v) is 8.78. The third-order valence-electron chi connectivity index (χ3n) is 4.69. The van der Waals surface area contributed by atoms with E-state index in [-0.39, 0.29) is 12.5 Å². The van der Waals surface area contributed by atoms with E-state index in [4.69, 9.17) is 4.74 Å². The average molecular weight is 523 g/mol. The van der Waals surface area contributed by atoms with E-state index in [2.05, 4.69) is 22.6 Å². The van der Waals surface area contributed by atoms with Gasteiger partial charge in [0.1, 0.15) is 6.54 Å². The summed E-state index contributed by atoms with van der Waals surface area (Å²) in [5.74, 6) is -0.670. The molecule has 0 N–H and O–H groups in total. The van der Waals surface area contributed by atoms with E-state index in [1.165, 1.54) is 0 Å². The minimum absolute atomic E-state index is 0.236. The lowest BCUT2D eigenvalue weighted by molar-refractivity contribution is -0.139. The van der Waals surface area contributed by atoms with Crippen molar-refractivity contribution in [1.29, 1.82) is 0 Å². The molecule has 2 aliphatic rings. The van der Waals surface area contributed by atoms with Crippen molar-refractivity contribution in [3.8, 4) is 5.69 Å². The first-order valence-electron chi connectivity index (χ1n) is 9.07. The smallest absolute Gasteiger partial charge is 0.294 e. The lowest BCUT2D eigenvalue weighted by Gasteiger charge is -2.28. The number of hydrogen-bond donors (Lipinski definition) is 0. The minimum Gasteiger partial charge on any atom is -0.378 e. The summed E-state index contributed by atoms with van der Waals surface area (Å²) < 4.78 is 8.31. The van der Waals surface area contributed by atoms with Gasteiger partial charge in [-0.3, -0.25) is 19.3 Å². The van der Waals surface area contributed by atoms with Crippen molar-refractivity contribution in [3.05, 3.63) is 56.8 Å². The number of imide groups is 1. The predicted octanol–water partition coefficient (Wildman–Crippen LogP) is 2.98. The molecule has 0 atom stereocenters. The summed E-state index contributed by atoms with van der Waals surface area (Å²) in [5, 5.41) is -0.421. The molecule has 0 bridgehead atoms. The summed E-state index contributed by atoms with van der Waals surface area (Å²) in [6, 6.07) is 11.8. The van der Waals surface area contributed by atoms with Gasteiger partial charge in [0.15, 0.2) is 0 Å². The molecule has 2 aromatic rings. The highest BCUT2D eigenvalue weighted by Crippen LogP contribution is 2.32. The molecule has 1 aromatic heterocycles. The number of morpholine rings is 1. The Morgan fingerprint density at radius 3 is 2.59 bits per heavy atom. The molecule has 9 heteroatoms. The number of benzene rings is 1. The molecule has 2 aliphatic heterocycles. The second kappa shape index (κ2) is 8.72. The molecule has 0 radical (unpaired) electrons. The van der Waals surface area contributed by atoms with E-state index >= 15 is 0 Å². The van der Waals surface area contributed by atoms with Crippen LogP contribution in [-0.4, -0.2) is 64.3 Å². The molecular weight excluding hydrogens is 505 g/mol. The van der Waals surface area contributed by atoms with Crippen LogP contribution in [0.3, 0.4) is 0 Å². The van der Waals surface area contributed by atoms with Crippen LogP contribution in [0.5, 0.6) is 0 Å². The molecule has 1 aromatic carbocycles. The largest absolute Gasteiger partial charge is 0.378 e. The van der Waals surface area contributed by atoms with Gasteiger partial charge >= 0.3 is 0 Å². The number of nitrogens with zero attached hydrogens (tertiary/aromatic N) is 3. The van der Waals surface area contributed by atoms with Crippen molar-refractivity contribution in [3.63, 3.8) is 0 Å². The zero-order chi connectivity index (χ0) is 20.4. The van der Waals surface area contributed by atoms with Crippen molar-refractivity contribution in [1.82, 2.24) is 14.4 Å². The molecule has 2 saturated heterocycles. The number of ether oxygens (including phenoxy) is 1. The van der Waals surface area contributed by atoms with Crippen molar-refractivity contribution in [2.75, 3.05) is 32.8 Å². The van der Waals surface area contributed by atoms with Gasteiger partial charge in [0.25, 0.3) is 11.1 Å². The summed E-state index contributed by atoms with van der Waals surface area (Å²) >= 11 is 3.11. The monoisotopic (exact) mass is 523 g/mol. The Morgan fingerprint density at radius 2 is 1.86 bits per heavy atom. The number of rotatable bonds is 4. The highest BCUT2D eigenvalue weighted by Gasteiger charge is 2.37. The summed E-state index contributed by atoms with van der Waals surface area (Å²) in [6.45, 7) is 1.68. The molecule has 150 valence electrons. The maximum absolute atomic E-state index is 12.8. The molecule has 3 amide bonds. The van der Waals surface area contributed by atoms with Crippen LogP contribution in [0.15, 0.2) is 47.5 Å². The van der Waals surface area contributed by atoms with Crippen LogP contribution >= 0.6 is 34.4 Å². The van der Waals surface area contributed by atoms with Gasteiger partial charge in [0, 0.05) is 34.2 Å². The Labute approximate surface area is 185 Å². The van der Waals surface area contributed by atoms with E-state index in [9.17, 15) is 14.4 Å². The number of aromatic nitrogens is 1. The van der Waals surface area contributed by atoms with Crippen LogP contribution in [0.25, 0.3) is 11.8 Å². The van der Waals surface area contributed by atoms with Gasteiger partial charge in [-0.15, -0.1) is 0 Å². The van der Waals surface area contributed by atoms with Crippen molar-refractivity contribution < 1.29 is 19.1 Å². The van der Waals surface area contributed by atoms with Crippen molar-refractivity contribution >= 4 is 57.5 Å². The Bertz CT molecular complexity index is 980. The van der Waals surface area contributed by atoms with Crippen LogP contribution in [0, 0.1) is 3.57 Å². The molecule has 0 aliphatic carbocycles. The molecule has 0 unspecified atom stereocenters. The normalized spacial score (nSPS) is 18.7. The zero-order valence-electron chi connectivity index (χ0n) is 15.4. The molecular formula is C20H18IN3O4S. The van der Waals surface area contributed by atoms with Crippen LogP contribution < -0.4 is 0 Å². The molecule has 0 saturated carbocycles. The van der Waals surface area contributed by atoms with Crippen LogP contribution in [0.1, 0.15) is 5.69 Å². The first kappa shape index (κ1) is 20.2. The standard InChI is InChI=1S/C20H18IN3O4S/c21-14-3-5-15(6-4-14)23-7-1-2-16(23)12-17-19(26)24(20(27)29-17)13-18(25)22-8-10-28-11-9-22/h1-7,12H,8-11,13H2/b17-12+. The number of thioether (sulfide) groups is 1. The highest BCUT2D eigenvalue weighted by atomic mass is 127. The molecule has 29 heavy (non-hydrogen) atoms. The number of halogens is 1. The van der Waals surface area contributed by atoms with Crippen LogP contribution in [0.4, 0.5) is 4.79 Å². The number of amides is 3. The molecule has 0 spiro atoms. The van der Waals surface area contributed by atoms with Gasteiger partial charge in [-0.25, -0.2) is 0 Å². The molecule has 4 rings (SSSR count). The Hall–Kier alpha value is -2.11. The topological polar surface area (TPSA) is 71.9 Å². The number of hydrogen-bond acceptors (Lipinski definition) is 5. The van der Waals surface area contributed by atoms with Gasteiger partial charge in [0.05, 0.1) is 18.1 Å². The van der Waals surface area contributed by atoms with Crippen LogP contribution in [0.2, 0.25) is 0 Å². The lowest BCUT2D eigenvalue weighted by Crippen LogP contribution is -2.46. The van der Waals surface area contributed by atoms with E-state index in [1.807, 2.05) is 47.2 Å². The van der Waals surface area contributed by atoms with Gasteiger partial charge in [-0.05, 0) is 76.8 Å². The fourth-order valence-corrected chi connectivity index (χ4v) is 4.35. The second-order valence-electron chi connectivity index (χ2n) is 6.54. The van der Waals surface area contributed by atoms with Crippen molar-refractivity contribution in [2.24, 2.45) is 0 Å². The molecule has 2 fully saturated rings. The van der Waals surface area contributed by atoms with E-state index < -0.39 is 11.1 Å². The Kier molecular flexibility index (Phi) is 6.07. The zero-order valence-corrected chi connectivity index (χ0v) is 18.4. The van der Waals surface area contributed by atoms with Gasteiger partial charge in [-0.2, -0.15) is 0 Å². The van der Waals surface area contributed by atoms with E-state index in [1.54, 1.807) is 11.0 Å². The van der Waals surface area contributed by atoms with Crippen molar-refractivity contribution in [2.45, 2.75) is 0 Å². The van der Waals surface area contributed by atoms with E-state index in [0.29, 0.717) is 31.2 Å². The SMILES string of the molecule is O=C(CN1C(=O)S/C(=C/c2cccn2-c2ccc(I)cc2)C1=O)N1CCOCC1. The maximum Gasteiger partial charge on any atom is 0.294 e. The average Bonchev–Trinajstić information content (AvgIpc) is 3.29. The number of carbonyl (C=O) groups excluding carboxylic acids is 3. The fourth-order valence-electron chi connectivity index (χ4n) is 3.17. The summed E-state index contributed by atoms with van der Waals surface area (Å²) in [6.07, 6.45) is 3.60. The first-order chi connectivity index (χ1) is 14.0. The first-order valence-corrected chi connectivity index (χ1v) is 11.0. The summed E-state index contributed by atoms with van der Waals surface area (Å²) in [5.41, 5.74) is 1.75. The van der Waals surface area contributed by atoms with Gasteiger partial charge < -0.3 is 14.2 Å². The quantitative estimate of drug-likeness (QED) is 0.456. The van der Waals surface area contributed by atoms with Gasteiger partial charge in [0.2, 0.25) is 5.91 Å². The maximum atomic E-state index is 12.8. The molecule has 3 heterocycles. The molecule has 7 nitrogen and oxygen atoms in total. The predicted molar refractivity (Wildman–Crippen MR) is 119 cm³/mol. The summed E-state index contributed by atoms with van der Waals surface area (Å²) in [4.78, 5) is 40.5. The summed E-state index contributed by atoms with van der Waals surface area (Å²) in [7, 11) is 0. The fraction of sp³-hybridized carbons (Fsp3) is 0.250. The Morgan fingerprint density at radius 1 is 1.14 bits per heavy atom. The third-order valence-corrected chi connectivity index (χ3v) is 6.32. The minimum atomic E-state index is -0.433. The Balaban J connectivity index is 1.52.